The predicted octanol–water partition coefficient (Wildman–Crippen LogP) is 1.00. The van der Waals surface area contributed by atoms with E-state index in [1.165, 1.54) is 6.33 Å². The summed E-state index contributed by atoms with van der Waals surface area (Å²) in [5.74, 6) is 0.530. The van der Waals surface area contributed by atoms with E-state index in [1.807, 2.05) is 10.9 Å². The van der Waals surface area contributed by atoms with Gasteiger partial charge in [0.05, 0.1) is 23.0 Å². The number of rotatable bonds is 4. The van der Waals surface area contributed by atoms with Crippen molar-refractivity contribution >= 4 is 0 Å². The van der Waals surface area contributed by atoms with E-state index in [0.717, 1.165) is 48.4 Å². The van der Waals surface area contributed by atoms with E-state index in [1.54, 1.807) is 12.4 Å². The Balaban J connectivity index is 1.56. The average molecular weight is 337 g/mol. The molecule has 3 aromatic rings. The quantitative estimate of drug-likeness (QED) is 0.763. The second kappa shape index (κ2) is 6.56. The first-order chi connectivity index (χ1) is 12.2. The molecule has 0 saturated heterocycles. The van der Waals surface area contributed by atoms with Gasteiger partial charge < -0.3 is 4.98 Å². The summed E-state index contributed by atoms with van der Waals surface area (Å²) in [6.07, 6.45) is 9.45. The van der Waals surface area contributed by atoms with E-state index in [4.69, 9.17) is 0 Å². The Morgan fingerprint density at radius 1 is 1.24 bits per heavy atom. The van der Waals surface area contributed by atoms with Crippen LogP contribution < -0.4 is 5.56 Å². The third kappa shape index (κ3) is 3.20. The van der Waals surface area contributed by atoms with Gasteiger partial charge in [0.25, 0.3) is 5.56 Å². The number of hydrogen-bond donors (Lipinski definition) is 1. The lowest BCUT2D eigenvalue weighted by Gasteiger charge is -2.27. The molecule has 128 valence electrons. The number of hydrogen-bond acceptors (Lipinski definition) is 6. The van der Waals surface area contributed by atoms with Gasteiger partial charge in [-0.15, -0.1) is 0 Å². The largest absolute Gasteiger partial charge is 0.306 e. The average Bonchev–Trinajstić information content (AvgIpc) is 3.10. The van der Waals surface area contributed by atoms with Gasteiger partial charge in [-0.05, 0) is 6.92 Å². The molecule has 0 amide bonds. The minimum absolute atomic E-state index is 0.0854. The zero-order chi connectivity index (χ0) is 17.2. The number of aromatic nitrogens is 6. The van der Waals surface area contributed by atoms with Gasteiger partial charge in [-0.3, -0.25) is 14.4 Å². The van der Waals surface area contributed by atoms with Crippen molar-refractivity contribution in [1.82, 2.24) is 34.6 Å². The fraction of sp³-hybridized carbons (Fsp3) is 0.353. The molecular weight excluding hydrogens is 318 g/mol. The summed E-state index contributed by atoms with van der Waals surface area (Å²) < 4.78 is 1.91. The Morgan fingerprint density at radius 3 is 2.84 bits per heavy atom. The minimum atomic E-state index is -0.0854. The number of fused-ring (bicyclic) bond motifs is 1. The van der Waals surface area contributed by atoms with Crippen molar-refractivity contribution in [1.29, 1.82) is 0 Å². The lowest BCUT2D eigenvalue weighted by atomic mass is 10.1. The molecule has 25 heavy (non-hydrogen) atoms. The monoisotopic (exact) mass is 337 g/mol. The zero-order valence-electron chi connectivity index (χ0n) is 14.0. The highest BCUT2D eigenvalue weighted by molar-refractivity contribution is 5.52. The maximum absolute atomic E-state index is 12.5. The summed E-state index contributed by atoms with van der Waals surface area (Å²) in [7, 11) is 0. The Bertz CT molecular complexity index is 932. The molecule has 1 aliphatic heterocycles. The summed E-state index contributed by atoms with van der Waals surface area (Å²) in [5, 5.41) is 4.31. The van der Waals surface area contributed by atoms with Crippen molar-refractivity contribution in [3.63, 3.8) is 0 Å². The Morgan fingerprint density at radius 2 is 2.08 bits per heavy atom. The van der Waals surface area contributed by atoms with Gasteiger partial charge >= 0.3 is 0 Å². The Labute approximate surface area is 144 Å². The number of nitrogens with one attached hydrogen (secondary N) is 1. The first-order valence-corrected chi connectivity index (χ1v) is 8.34. The van der Waals surface area contributed by atoms with Crippen LogP contribution in [0.2, 0.25) is 0 Å². The van der Waals surface area contributed by atoms with Crippen molar-refractivity contribution in [2.75, 3.05) is 6.54 Å². The van der Waals surface area contributed by atoms with E-state index in [9.17, 15) is 4.79 Å². The Hall–Kier alpha value is -2.87. The standard InChI is InChI=1S/C17H19N7O/c1-2-24-9-12(5-20-24)8-23-4-3-15-14(10-23)17(25)22-16(21-15)13-6-18-11-19-7-13/h5-7,9,11H,2-4,8,10H2,1H3,(H,21,22,25). The summed E-state index contributed by atoms with van der Waals surface area (Å²) in [6, 6.07) is 0. The topological polar surface area (TPSA) is 92.6 Å². The normalized spacial score (nSPS) is 14.4. The highest BCUT2D eigenvalue weighted by atomic mass is 16.1. The fourth-order valence-corrected chi connectivity index (χ4v) is 3.09. The van der Waals surface area contributed by atoms with E-state index in [-0.39, 0.29) is 5.56 Å². The van der Waals surface area contributed by atoms with Gasteiger partial charge in [-0.1, -0.05) is 0 Å². The van der Waals surface area contributed by atoms with Crippen molar-refractivity contribution in [3.8, 4) is 11.4 Å². The summed E-state index contributed by atoms with van der Waals surface area (Å²) >= 11 is 0. The van der Waals surface area contributed by atoms with Gasteiger partial charge in [0, 0.05) is 56.8 Å². The molecule has 3 aromatic heterocycles. The molecule has 8 nitrogen and oxygen atoms in total. The summed E-state index contributed by atoms with van der Waals surface area (Å²) in [4.78, 5) is 30.2. The highest BCUT2D eigenvalue weighted by Crippen LogP contribution is 2.19. The summed E-state index contributed by atoms with van der Waals surface area (Å²) in [5.41, 5.74) is 3.40. The third-order valence-electron chi connectivity index (χ3n) is 4.40. The van der Waals surface area contributed by atoms with E-state index in [2.05, 4.69) is 43.1 Å². The van der Waals surface area contributed by atoms with Crippen molar-refractivity contribution in [2.45, 2.75) is 33.0 Å². The van der Waals surface area contributed by atoms with Crippen molar-refractivity contribution < 1.29 is 0 Å². The van der Waals surface area contributed by atoms with Gasteiger partial charge in [-0.2, -0.15) is 5.10 Å². The molecular formula is C17H19N7O. The van der Waals surface area contributed by atoms with Crippen LogP contribution in [0.5, 0.6) is 0 Å². The first-order valence-electron chi connectivity index (χ1n) is 8.34. The minimum Gasteiger partial charge on any atom is -0.306 e. The molecule has 0 radical (unpaired) electrons. The van der Waals surface area contributed by atoms with E-state index < -0.39 is 0 Å². The molecule has 1 N–H and O–H groups in total. The smallest absolute Gasteiger partial charge is 0.255 e. The second-order valence-corrected chi connectivity index (χ2v) is 6.13. The van der Waals surface area contributed by atoms with Crippen molar-refractivity contribution in [3.05, 3.63) is 58.3 Å². The number of nitrogens with zero attached hydrogens (tertiary/aromatic N) is 6. The number of H-pyrrole nitrogens is 1. The molecule has 0 bridgehead atoms. The molecule has 0 unspecified atom stereocenters. The first kappa shape index (κ1) is 15.6. The number of aryl methyl sites for hydroxylation is 1. The molecule has 0 aliphatic carbocycles. The van der Waals surface area contributed by atoms with Gasteiger partial charge in [-0.25, -0.2) is 15.0 Å². The van der Waals surface area contributed by atoms with Crippen LogP contribution in [0.3, 0.4) is 0 Å². The molecule has 1 aliphatic rings. The Kier molecular flexibility index (Phi) is 4.10. The van der Waals surface area contributed by atoms with Crippen LogP contribution >= 0.6 is 0 Å². The molecule has 0 fully saturated rings. The van der Waals surface area contributed by atoms with Crippen LogP contribution in [-0.2, 0) is 26.1 Å². The van der Waals surface area contributed by atoms with E-state index >= 15 is 0 Å². The predicted molar refractivity (Wildman–Crippen MR) is 91.6 cm³/mol. The fourth-order valence-electron chi connectivity index (χ4n) is 3.09. The van der Waals surface area contributed by atoms with Crippen LogP contribution in [0, 0.1) is 0 Å². The van der Waals surface area contributed by atoms with E-state index in [0.29, 0.717) is 12.4 Å². The van der Waals surface area contributed by atoms with Crippen LogP contribution in [0.25, 0.3) is 11.4 Å². The van der Waals surface area contributed by atoms with Crippen LogP contribution in [0.1, 0.15) is 23.7 Å². The lowest BCUT2D eigenvalue weighted by Crippen LogP contribution is -2.35. The molecule has 4 rings (SSSR count). The van der Waals surface area contributed by atoms with Crippen LogP contribution in [-0.4, -0.2) is 41.2 Å². The molecule has 0 saturated carbocycles. The second-order valence-electron chi connectivity index (χ2n) is 6.13. The zero-order valence-corrected chi connectivity index (χ0v) is 14.0. The van der Waals surface area contributed by atoms with Crippen LogP contribution in [0.15, 0.2) is 35.9 Å². The van der Waals surface area contributed by atoms with Crippen LogP contribution in [0.4, 0.5) is 0 Å². The van der Waals surface area contributed by atoms with Gasteiger partial charge in [0.1, 0.15) is 12.2 Å². The van der Waals surface area contributed by atoms with Crippen molar-refractivity contribution in [2.24, 2.45) is 0 Å². The molecule has 0 atom stereocenters. The van der Waals surface area contributed by atoms with Gasteiger partial charge in [0.15, 0.2) is 0 Å². The number of aromatic amines is 1. The molecule has 0 aromatic carbocycles. The lowest BCUT2D eigenvalue weighted by molar-refractivity contribution is 0.242. The third-order valence-corrected chi connectivity index (χ3v) is 4.40. The summed E-state index contributed by atoms with van der Waals surface area (Å²) in [6.45, 7) is 5.17. The maximum Gasteiger partial charge on any atom is 0.255 e. The molecule has 0 spiro atoms. The molecule has 4 heterocycles. The SMILES string of the molecule is CCn1cc(CN2CCc3nc(-c4cncnc4)[nH]c(=O)c3C2)cn1. The highest BCUT2D eigenvalue weighted by Gasteiger charge is 2.22. The molecule has 8 heteroatoms. The maximum atomic E-state index is 12.5. The van der Waals surface area contributed by atoms with Gasteiger partial charge in [0.2, 0.25) is 0 Å².